The van der Waals surface area contributed by atoms with Crippen LogP contribution in [-0.4, -0.2) is 5.78 Å². The Kier molecular flexibility index (Phi) is 3.04. The SMILES string of the molecule is CCC(=O)c1c(C2=CC=CC2)ccc2ccccc12. The molecule has 0 aromatic heterocycles. The third-order valence-electron chi connectivity index (χ3n) is 3.65. The molecule has 0 fully saturated rings. The van der Waals surface area contributed by atoms with Gasteiger partial charge in [0.05, 0.1) is 0 Å². The molecule has 1 aliphatic rings. The number of ketones is 1. The Morgan fingerprint density at radius 2 is 2.00 bits per heavy atom. The lowest BCUT2D eigenvalue weighted by Gasteiger charge is -2.12. The number of allylic oxidation sites excluding steroid dienone is 4. The first-order chi connectivity index (χ1) is 9.31. The summed E-state index contributed by atoms with van der Waals surface area (Å²) in [5.41, 5.74) is 3.22. The van der Waals surface area contributed by atoms with Crippen LogP contribution in [0.4, 0.5) is 0 Å². The zero-order valence-electron chi connectivity index (χ0n) is 11.0. The Balaban J connectivity index is 2.29. The van der Waals surface area contributed by atoms with Crippen LogP contribution in [0.2, 0.25) is 0 Å². The molecule has 19 heavy (non-hydrogen) atoms. The lowest BCUT2D eigenvalue weighted by Crippen LogP contribution is -2.03. The third kappa shape index (κ3) is 2.01. The summed E-state index contributed by atoms with van der Waals surface area (Å²) in [6, 6.07) is 12.3. The fourth-order valence-electron chi connectivity index (χ4n) is 2.66. The van der Waals surface area contributed by atoms with Gasteiger partial charge >= 0.3 is 0 Å². The molecular weight excluding hydrogens is 232 g/mol. The number of Topliss-reactive ketones (excluding diaryl/α,β-unsaturated/α-hetero) is 1. The van der Waals surface area contributed by atoms with Crippen molar-refractivity contribution >= 4 is 22.1 Å². The van der Waals surface area contributed by atoms with Gasteiger partial charge in [-0.25, -0.2) is 0 Å². The van der Waals surface area contributed by atoms with Crippen LogP contribution in [-0.2, 0) is 0 Å². The summed E-state index contributed by atoms with van der Waals surface area (Å²) >= 11 is 0. The summed E-state index contributed by atoms with van der Waals surface area (Å²) in [6.45, 7) is 1.93. The van der Waals surface area contributed by atoms with E-state index in [1.54, 1.807) is 0 Å². The summed E-state index contributed by atoms with van der Waals surface area (Å²) in [5.74, 6) is 0.222. The van der Waals surface area contributed by atoms with Crippen molar-refractivity contribution in [2.75, 3.05) is 0 Å². The van der Waals surface area contributed by atoms with Crippen LogP contribution in [0, 0.1) is 0 Å². The molecule has 1 heteroatoms. The largest absolute Gasteiger partial charge is 0.294 e. The molecule has 0 atom stereocenters. The van der Waals surface area contributed by atoms with Crippen LogP contribution >= 0.6 is 0 Å². The predicted octanol–water partition coefficient (Wildman–Crippen LogP) is 4.78. The van der Waals surface area contributed by atoms with Gasteiger partial charge in [0.1, 0.15) is 0 Å². The second kappa shape index (κ2) is 4.85. The fourth-order valence-corrected chi connectivity index (χ4v) is 2.66. The molecule has 2 aromatic carbocycles. The number of carbonyl (C=O) groups excluding carboxylic acids is 1. The third-order valence-corrected chi connectivity index (χ3v) is 3.65. The molecule has 0 bridgehead atoms. The van der Waals surface area contributed by atoms with Gasteiger partial charge in [-0.15, -0.1) is 0 Å². The monoisotopic (exact) mass is 248 g/mol. The van der Waals surface area contributed by atoms with Crippen molar-refractivity contribution in [3.63, 3.8) is 0 Å². The Hall–Kier alpha value is -2.15. The maximum absolute atomic E-state index is 12.4. The van der Waals surface area contributed by atoms with Crippen LogP contribution in [0.15, 0.2) is 54.6 Å². The van der Waals surface area contributed by atoms with E-state index in [1.807, 2.05) is 25.1 Å². The van der Waals surface area contributed by atoms with Crippen molar-refractivity contribution in [1.29, 1.82) is 0 Å². The van der Waals surface area contributed by atoms with Crippen LogP contribution in [0.5, 0.6) is 0 Å². The zero-order valence-corrected chi connectivity index (χ0v) is 11.0. The minimum atomic E-state index is 0.222. The van der Waals surface area contributed by atoms with E-state index < -0.39 is 0 Å². The summed E-state index contributed by atoms with van der Waals surface area (Å²) in [7, 11) is 0. The zero-order chi connectivity index (χ0) is 13.2. The topological polar surface area (TPSA) is 17.1 Å². The number of hydrogen-bond acceptors (Lipinski definition) is 1. The average Bonchev–Trinajstić information content (AvgIpc) is 2.99. The number of fused-ring (bicyclic) bond motifs is 1. The second-order valence-electron chi connectivity index (χ2n) is 4.81. The van der Waals surface area contributed by atoms with E-state index in [9.17, 15) is 4.79 Å². The van der Waals surface area contributed by atoms with E-state index in [4.69, 9.17) is 0 Å². The molecule has 3 rings (SSSR count). The molecule has 0 aliphatic heterocycles. The molecular formula is C18H16O. The molecule has 0 saturated carbocycles. The van der Waals surface area contributed by atoms with Crippen LogP contribution in [0.25, 0.3) is 16.3 Å². The van der Waals surface area contributed by atoms with Gasteiger partial charge in [-0.1, -0.05) is 61.5 Å². The first kappa shape index (κ1) is 11.9. The Bertz CT molecular complexity index is 705. The van der Waals surface area contributed by atoms with E-state index >= 15 is 0 Å². The van der Waals surface area contributed by atoms with Gasteiger partial charge in [0.15, 0.2) is 5.78 Å². The molecule has 0 amide bonds. The van der Waals surface area contributed by atoms with Gasteiger partial charge in [-0.05, 0) is 28.3 Å². The van der Waals surface area contributed by atoms with Crippen molar-refractivity contribution in [3.05, 3.63) is 65.8 Å². The molecule has 0 unspecified atom stereocenters. The Morgan fingerprint density at radius 3 is 2.74 bits per heavy atom. The van der Waals surface area contributed by atoms with E-state index in [1.165, 1.54) is 5.57 Å². The number of hydrogen-bond donors (Lipinski definition) is 0. The van der Waals surface area contributed by atoms with Crippen LogP contribution < -0.4 is 0 Å². The molecule has 1 aliphatic carbocycles. The van der Waals surface area contributed by atoms with Gasteiger partial charge in [-0.2, -0.15) is 0 Å². The van der Waals surface area contributed by atoms with Crippen molar-refractivity contribution in [2.24, 2.45) is 0 Å². The Morgan fingerprint density at radius 1 is 1.16 bits per heavy atom. The van der Waals surface area contributed by atoms with Gasteiger partial charge in [0.2, 0.25) is 0 Å². The number of benzene rings is 2. The molecule has 0 N–H and O–H groups in total. The summed E-state index contributed by atoms with van der Waals surface area (Å²) < 4.78 is 0. The minimum Gasteiger partial charge on any atom is -0.294 e. The molecule has 2 aromatic rings. The van der Waals surface area contributed by atoms with E-state index in [-0.39, 0.29) is 5.78 Å². The summed E-state index contributed by atoms with van der Waals surface area (Å²) in [4.78, 5) is 12.4. The fraction of sp³-hybridized carbons (Fsp3) is 0.167. The van der Waals surface area contributed by atoms with Gasteiger partial charge in [0, 0.05) is 12.0 Å². The van der Waals surface area contributed by atoms with Gasteiger partial charge < -0.3 is 0 Å². The quantitative estimate of drug-likeness (QED) is 0.715. The first-order valence-corrected chi connectivity index (χ1v) is 6.72. The second-order valence-corrected chi connectivity index (χ2v) is 4.81. The lowest BCUT2D eigenvalue weighted by molar-refractivity contribution is 0.0989. The number of rotatable bonds is 3. The predicted molar refractivity (Wildman–Crippen MR) is 80.3 cm³/mol. The average molecular weight is 248 g/mol. The Labute approximate surface area is 113 Å². The molecule has 0 saturated heterocycles. The maximum atomic E-state index is 12.4. The van der Waals surface area contributed by atoms with E-state index in [0.717, 1.165) is 28.3 Å². The molecule has 0 spiro atoms. The normalized spacial score (nSPS) is 13.8. The highest BCUT2D eigenvalue weighted by Gasteiger charge is 2.16. The first-order valence-electron chi connectivity index (χ1n) is 6.72. The highest BCUT2D eigenvalue weighted by atomic mass is 16.1. The minimum absolute atomic E-state index is 0.222. The number of carbonyl (C=O) groups is 1. The molecule has 1 nitrogen and oxygen atoms in total. The molecule has 0 radical (unpaired) electrons. The van der Waals surface area contributed by atoms with Crippen LogP contribution in [0.1, 0.15) is 35.7 Å². The van der Waals surface area contributed by atoms with Crippen molar-refractivity contribution in [1.82, 2.24) is 0 Å². The molecule has 94 valence electrons. The van der Waals surface area contributed by atoms with Crippen molar-refractivity contribution in [3.8, 4) is 0 Å². The smallest absolute Gasteiger partial charge is 0.163 e. The standard InChI is InChI=1S/C18H16O/c1-2-17(19)18-15-10-6-5-9-14(15)11-12-16(18)13-7-3-4-8-13/h3-7,9-12H,2,8H2,1H3. The van der Waals surface area contributed by atoms with Gasteiger partial charge in [0.25, 0.3) is 0 Å². The highest BCUT2D eigenvalue weighted by Crippen LogP contribution is 2.32. The van der Waals surface area contributed by atoms with Gasteiger partial charge in [-0.3, -0.25) is 4.79 Å². The van der Waals surface area contributed by atoms with Crippen molar-refractivity contribution < 1.29 is 4.79 Å². The highest BCUT2D eigenvalue weighted by molar-refractivity contribution is 6.11. The van der Waals surface area contributed by atoms with E-state index in [0.29, 0.717) is 6.42 Å². The molecule has 0 heterocycles. The van der Waals surface area contributed by atoms with Crippen LogP contribution in [0.3, 0.4) is 0 Å². The maximum Gasteiger partial charge on any atom is 0.163 e. The lowest BCUT2D eigenvalue weighted by atomic mass is 9.90. The summed E-state index contributed by atoms with van der Waals surface area (Å²) in [6.07, 6.45) is 7.76. The van der Waals surface area contributed by atoms with E-state index in [2.05, 4.69) is 36.4 Å². The van der Waals surface area contributed by atoms with Crippen molar-refractivity contribution in [2.45, 2.75) is 19.8 Å². The summed E-state index contributed by atoms with van der Waals surface area (Å²) in [5, 5.41) is 2.20.